The summed E-state index contributed by atoms with van der Waals surface area (Å²) in [6.45, 7) is 5.66. The van der Waals surface area contributed by atoms with E-state index in [2.05, 4.69) is 31.9 Å². The summed E-state index contributed by atoms with van der Waals surface area (Å²) < 4.78 is 27.3. The van der Waals surface area contributed by atoms with Crippen LogP contribution < -0.4 is 31.9 Å². The number of hydrogen-bond donors (Lipinski definition) is 6. The second-order valence-electron chi connectivity index (χ2n) is 21.5. The van der Waals surface area contributed by atoms with E-state index in [1.165, 1.54) is 58.3 Å². The number of likely N-dealkylation sites (tertiary alicyclic amines) is 2. The monoisotopic (exact) mass is 1050 g/mol. The van der Waals surface area contributed by atoms with Crippen molar-refractivity contribution in [1.82, 2.24) is 41.7 Å². The van der Waals surface area contributed by atoms with E-state index < -0.39 is 77.4 Å². The van der Waals surface area contributed by atoms with Crippen molar-refractivity contribution < 1.29 is 47.1 Å². The number of Topliss-reactive ketones (excluding diaryl/α,β-unsaturated/α-hetero) is 1. The molecule has 16 nitrogen and oxygen atoms in total. The molecular weight excluding hydrogens is 975 g/mol. The molecule has 2 aliphatic carbocycles. The van der Waals surface area contributed by atoms with Crippen LogP contribution in [0.5, 0.6) is 0 Å². The fourth-order valence-electron chi connectivity index (χ4n) is 11.3. The third-order valence-electron chi connectivity index (χ3n) is 16.2. The summed E-state index contributed by atoms with van der Waals surface area (Å²) in [6, 6.07) is 12.8. The van der Waals surface area contributed by atoms with Crippen molar-refractivity contribution in [3.8, 4) is 0 Å². The number of carbonyl (C=O) groups is 8. The topological polar surface area (TPSA) is 215 Å². The SMILES string of the molecule is CC[C@@H](C)C(=O)N[C@H](C(=O)N1C[C@@H](NC(=O)c2ccc(C(=O)N[C@H]3C[C@@H](C(=O)NCc4ccc(F)cc4)N(C(=O)[C@@H](CC(=O)[C@H](C)NC)C4CCCCC4)C3)cc2)C[C@H]1C(=O)NCc1ccc(F)cc1)C1CCCCC1. The van der Waals surface area contributed by atoms with Crippen LogP contribution >= 0.6 is 0 Å². The van der Waals surface area contributed by atoms with Crippen LogP contribution in [0.25, 0.3) is 0 Å². The van der Waals surface area contributed by atoms with Crippen molar-refractivity contribution in [2.75, 3.05) is 20.1 Å². The largest absolute Gasteiger partial charge is 0.350 e. The van der Waals surface area contributed by atoms with Crippen LogP contribution in [0.1, 0.15) is 143 Å². The number of nitrogens with zero attached hydrogens (tertiary/aromatic N) is 2. The van der Waals surface area contributed by atoms with Gasteiger partial charge >= 0.3 is 0 Å². The van der Waals surface area contributed by atoms with Crippen molar-refractivity contribution in [2.24, 2.45) is 23.7 Å². The van der Waals surface area contributed by atoms with Gasteiger partial charge in [0.25, 0.3) is 11.8 Å². The minimum atomic E-state index is -0.985. The molecule has 8 atom stereocenters. The van der Waals surface area contributed by atoms with Gasteiger partial charge in [-0.2, -0.15) is 0 Å². The first-order chi connectivity index (χ1) is 36.5. The maximum atomic E-state index is 14.7. The zero-order valence-electron chi connectivity index (χ0n) is 44.3. The Balaban J connectivity index is 1.04. The molecule has 6 N–H and O–H groups in total. The van der Waals surface area contributed by atoms with Gasteiger partial charge in [-0.3, -0.25) is 38.4 Å². The van der Waals surface area contributed by atoms with Gasteiger partial charge in [0.2, 0.25) is 29.5 Å². The van der Waals surface area contributed by atoms with Gasteiger partial charge in [-0.25, -0.2) is 8.78 Å². The molecule has 0 unspecified atom stereocenters. The van der Waals surface area contributed by atoms with E-state index in [4.69, 9.17) is 0 Å². The zero-order chi connectivity index (χ0) is 54.5. The second kappa shape index (κ2) is 27.0. The average molecular weight is 1050 g/mol. The predicted octanol–water partition coefficient (Wildman–Crippen LogP) is 5.87. The Hall–Kier alpha value is -6.56. The van der Waals surface area contributed by atoms with E-state index in [9.17, 15) is 47.1 Å². The van der Waals surface area contributed by atoms with Crippen LogP contribution in [0.15, 0.2) is 72.8 Å². The first kappa shape index (κ1) is 57.2. The molecule has 3 aromatic carbocycles. The molecule has 2 saturated carbocycles. The van der Waals surface area contributed by atoms with Gasteiger partial charge in [-0.05, 0) is 130 Å². The lowest BCUT2D eigenvalue weighted by molar-refractivity contribution is -0.145. The quantitative estimate of drug-likeness (QED) is 0.0752. The average Bonchev–Trinajstić information content (AvgIpc) is 4.07. The fraction of sp³-hybridized carbons (Fsp3) is 0.552. The first-order valence-electron chi connectivity index (χ1n) is 27.4. The van der Waals surface area contributed by atoms with Crippen molar-refractivity contribution in [3.05, 3.63) is 107 Å². The Kier molecular flexibility index (Phi) is 20.3. The van der Waals surface area contributed by atoms with Crippen molar-refractivity contribution in [3.63, 3.8) is 0 Å². The van der Waals surface area contributed by atoms with Crippen LogP contribution in [0.2, 0.25) is 0 Å². The summed E-state index contributed by atoms with van der Waals surface area (Å²) >= 11 is 0. The number of benzene rings is 3. The Bertz CT molecular complexity index is 2350. The highest BCUT2D eigenvalue weighted by atomic mass is 19.1. The molecule has 2 saturated heterocycles. The van der Waals surface area contributed by atoms with E-state index in [1.807, 2.05) is 6.92 Å². The Labute approximate surface area is 445 Å². The van der Waals surface area contributed by atoms with Gasteiger partial charge in [0.05, 0.1) is 6.04 Å². The Morgan fingerprint density at radius 1 is 0.592 bits per heavy atom. The highest BCUT2D eigenvalue weighted by molar-refractivity contribution is 5.99. The van der Waals surface area contributed by atoms with Gasteiger partial charge in [0.1, 0.15) is 35.5 Å². The fourth-order valence-corrected chi connectivity index (χ4v) is 11.3. The van der Waals surface area contributed by atoms with Crippen LogP contribution in [0.4, 0.5) is 8.78 Å². The minimum Gasteiger partial charge on any atom is -0.350 e. The molecule has 18 heteroatoms. The molecule has 2 aliphatic heterocycles. The molecule has 2 heterocycles. The summed E-state index contributed by atoms with van der Waals surface area (Å²) in [4.78, 5) is 115. The number of rotatable bonds is 21. The Morgan fingerprint density at radius 2 is 1.03 bits per heavy atom. The molecule has 7 rings (SSSR count). The lowest BCUT2D eigenvalue weighted by Crippen LogP contribution is -2.57. The molecule has 3 aromatic rings. The summed E-state index contributed by atoms with van der Waals surface area (Å²) in [5.41, 5.74) is 1.75. The first-order valence-corrected chi connectivity index (χ1v) is 27.4. The Morgan fingerprint density at radius 3 is 1.46 bits per heavy atom. The molecule has 0 radical (unpaired) electrons. The van der Waals surface area contributed by atoms with Crippen LogP contribution in [0, 0.1) is 35.3 Å². The van der Waals surface area contributed by atoms with Gasteiger partial charge in [0, 0.05) is 67.6 Å². The lowest BCUT2D eigenvalue weighted by Gasteiger charge is -2.35. The van der Waals surface area contributed by atoms with Crippen molar-refractivity contribution >= 4 is 47.1 Å². The molecule has 76 heavy (non-hydrogen) atoms. The molecule has 410 valence electrons. The molecular formula is C58H76F2N8O8. The standard InChI is InChI=1S/C58H76F2N8O8/c1-5-35(2)52(70)66-51(40-14-10-7-11-15-40)58(76)68-34-46(29-49(68)56(74)63-32-38-18-26-44(60)27-19-38)65-54(72)42-22-20-41(21-23-42)53(71)64-45-28-48(55(73)62-31-37-16-24-43(59)25-17-37)67(33-45)57(75)47(30-50(69)36(3)61-4)39-12-8-6-9-13-39/h16-27,35-36,39-40,45-49,51,61H,5-15,28-34H2,1-4H3,(H,62,73)(H,63,74)(H,64,71)(H,65,72)(H,66,70)/t35-,36+,45+,46+,47+,48+,49+,51+/m1/s1. The number of hydrogen-bond acceptors (Lipinski definition) is 9. The van der Waals surface area contributed by atoms with Crippen molar-refractivity contribution in [2.45, 2.75) is 160 Å². The highest BCUT2D eigenvalue weighted by Crippen LogP contribution is 2.36. The molecule has 0 aromatic heterocycles. The summed E-state index contributed by atoms with van der Waals surface area (Å²) in [5.74, 6) is -4.87. The number of halogens is 2. The lowest BCUT2D eigenvalue weighted by atomic mass is 9.76. The molecule has 0 bridgehead atoms. The third kappa shape index (κ3) is 14.9. The zero-order valence-corrected chi connectivity index (χ0v) is 44.3. The van der Waals surface area contributed by atoms with E-state index >= 15 is 0 Å². The smallest absolute Gasteiger partial charge is 0.251 e. The van der Waals surface area contributed by atoms with E-state index in [0.29, 0.717) is 17.5 Å². The second-order valence-corrected chi connectivity index (χ2v) is 21.5. The maximum absolute atomic E-state index is 14.7. The number of nitrogens with one attached hydrogen (secondary N) is 6. The normalized spacial score (nSPS) is 21.7. The third-order valence-corrected chi connectivity index (χ3v) is 16.2. The van der Waals surface area contributed by atoms with Crippen LogP contribution in [-0.2, 0) is 41.9 Å². The molecule has 4 aliphatic rings. The van der Waals surface area contributed by atoms with E-state index in [0.717, 1.165) is 64.2 Å². The minimum absolute atomic E-state index is 0.00106. The molecule has 4 fully saturated rings. The number of carbonyl (C=O) groups excluding carboxylic acids is 8. The summed E-state index contributed by atoms with van der Waals surface area (Å²) in [5, 5.41) is 17.8. The predicted molar refractivity (Wildman–Crippen MR) is 282 cm³/mol. The highest BCUT2D eigenvalue weighted by Gasteiger charge is 2.46. The number of likely N-dealkylation sites (N-methyl/N-ethyl adjacent to an activating group) is 1. The maximum Gasteiger partial charge on any atom is 0.251 e. The molecule has 7 amide bonds. The van der Waals surface area contributed by atoms with Gasteiger partial charge in [-0.1, -0.05) is 76.6 Å². The van der Waals surface area contributed by atoms with Crippen molar-refractivity contribution in [1.29, 1.82) is 0 Å². The summed E-state index contributed by atoms with van der Waals surface area (Å²) in [6.07, 6.45) is 9.64. The van der Waals surface area contributed by atoms with Gasteiger partial charge < -0.3 is 41.7 Å². The van der Waals surface area contributed by atoms with Gasteiger partial charge in [-0.15, -0.1) is 0 Å². The number of amides is 7. The van der Waals surface area contributed by atoms with E-state index in [-0.39, 0.29) is 97.8 Å². The number of ketones is 1. The van der Waals surface area contributed by atoms with E-state index in [1.54, 1.807) is 45.2 Å². The van der Waals surface area contributed by atoms with Crippen LogP contribution in [0.3, 0.4) is 0 Å². The summed E-state index contributed by atoms with van der Waals surface area (Å²) in [7, 11) is 1.69. The van der Waals surface area contributed by atoms with Crippen LogP contribution in [-0.4, -0.2) is 113 Å². The molecule has 0 spiro atoms. The van der Waals surface area contributed by atoms with Gasteiger partial charge in [0.15, 0.2) is 0 Å².